The lowest BCUT2D eigenvalue weighted by molar-refractivity contribution is -0.147. The number of unbranched alkanes of at least 4 members (excludes halogenated alkanes) is 11. The molecule has 0 saturated carbocycles. The summed E-state index contributed by atoms with van der Waals surface area (Å²) in [6.07, 6.45) is 15.5. The summed E-state index contributed by atoms with van der Waals surface area (Å²) in [6, 6.07) is 5.52. The van der Waals surface area contributed by atoms with Crippen molar-refractivity contribution in [2.24, 2.45) is 0 Å². The van der Waals surface area contributed by atoms with Gasteiger partial charge in [0, 0.05) is 0 Å². The van der Waals surface area contributed by atoms with E-state index in [-0.39, 0.29) is 18.8 Å². The lowest BCUT2D eigenvalue weighted by Crippen LogP contribution is -2.13. The number of carbonyl (C=O) groups is 2. The van der Waals surface area contributed by atoms with Gasteiger partial charge in [0.25, 0.3) is 0 Å². The van der Waals surface area contributed by atoms with Gasteiger partial charge in [0.15, 0.2) is 0 Å². The summed E-state index contributed by atoms with van der Waals surface area (Å²) in [7, 11) is 0. The number of benzene rings is 1. The summed E-state index contributed by atoms with van der Waals surface area (Å²) in [6.45, 7) is 6.68. The number of hydrogen-bond donors (Lipinski definition) is 0. The normalized spacial score (nSPS) is 10.8. The number of rotatable bonds is 17. The molecule has 0 aliphatic rings. The van der Waals surface area contributed by atoms with Crippen LogP contribution in [0.15, 0.2) is 18.2 Å². The molecular formula is C26H42O4. The van der Waals surface area contributed by atoms with Crippen LogP contribution in [0.5, 0.6) is 5.75 Å². The molecule has 30 heavy (non-hydrogen) atoms. The predicted octanol–water partition coefficient (Wildman–Crippen LogP) is 7.23. The van der Waals surface area contributed by atoms with Crippen LogP contribution in [0.25, 0.3) is 0 Å². The Hall–Kier alpha value is -1.84. The van der Waals surface area contributed by atoms with Gasteiger partial charge >= 0.3 is 11.9 Å². The Bertz CT molecular complexity index is 609. The maximum Gasteiger partial charge on any atom is 0.311 e. The Morgan fingerprint density at radius 1 is 0.700 bits per heavy atom. The maximum absolute atomic E-state index is 11.9. The molecule has 0 radical (unpaired) electrons. The summed E-state index contributed by atoms with van der Waals surface area (Å²) in [5, 5.41) is 0. The van der Waals surface area contributed by atoms with E-state index in [1.165, 1.54) is 64.2 Å². The predicted molar refractivity (Wildman–Crippen MR) is 123 cm³/mol. The van der Waals surface area contributed by atoms with Gasteiger partial charge in [0.05, 0.1) is 19.4 Å². The number of hydrogen-bond acceptors (Lipinski definition) is 4. The summed E-state index contributed by atoms with van der Waals surface area (Å²) < 4.78 is 10.5. The van der Waals surface area contributed by atoms with Crippen LogP contribution < -0.4 is 4.74 Å². The first-order valence-corrected chi connectivity index (χ1v) is 12.0. The van der Waals surface area contributed by atoms with Crippen molar-refractivity contribution in [1.82, 2.24) is 0 Å². The lowest BCUT2D eigenvalue weighted by Gasteiger charge is -2.07. The summed E-state index contributed by atoms with van der Waals surface area (Å²) in [5.41, 5.74) is 2.22. The highest BCUT2D eigenvalue weighted by atomic mass is 16.5. The van der Waals surface area contributed by atoms with Gasteiger partial charge in [-0.1, -0.05) is 83.6 Å². The van der Waals surface area contributed by atoms with Gasteiger partial charge in [-0.2, -0.15) is 0 Å². The quantitative estimate of drug-likeness (QED) is 0.152. The fourth-order valence-electron chi connectivity index (χ4n) is 3.37. The number of carbonyl (C=O) groups excluding carboxylic acids is 2. The van der Waals surface area contributed by atoms with Gasteiger partial charge in [-0.25, -0.2) is 0 Å². The highest BCUT2D eigenvalue weighted by molar-refractivity contribution is 5.79. The van der Waals surface area contributed by atoms with Crippen molar-refractivity contribution in [1.29, 1.82) is 0 Å². The molecule has 4 heteroatoms. The molecule has 170 valence electrons. The minimum absolute atomic E-state index is 0.0458. The molecule has 0 bridgehead atoms. The van der Waals surface area contributed by atoms with Crippen LogP contribution in [0.2, 0.25) is 0 Å². The Labute approximate surface area is 183 Å². The molecule has 0 atom stereocenters. The van der Waals surface area contributed by atoms with E-state index in [1.54, 1.807) is 6.07 Å². The molecule has 1 aromatic carbocycles. The molecule has 0 amide bonds. The molecule has 0 aromatic heterocycles. The molecule has 0 saturated heterocycles. The molecule has 0 heterocycles. The first kappa shape index (κ1) is 26.2. The van der Waals surface area contributed by atoms with E-state index in [4.69, 9.17) is 9.47 Å². The van der Waals surface area contributed by atoms with Crippen LogP contribution in [-0.2, 0) is 14.3 Å². The van der Waals surface area contributed by atoms with Crippen LogP contribution in [0.3, 0.4) is 0 Å². The molecule has 1 rings (SSSR count). The van der Waals surface area contributed by atoms with Crippen LogP contribution >= 0.6 is 0 Å². The van der Waals surface area contributed by atoms with E-state index >= 15 is 0 Å². The average molecular weight is 419 g/mol. The first-order chi connectivity index (χ1) is 14.5. The van der Waals surface area contributed by atoms with E-state index in [2.05, 4.69) is 6.92 Å². The third-order valence-corrected chi connectivity index (χ3v) is 5.50. The third kappa shape index (κ3) is 13.4. The molecular weight excluding hydrogens is 376 g/mol. The topological polar surface area (TPSA) is 52.6 Å². The van der Waals surface area contributed by atoms with Crippen LogP contribution in [0.4, 0.5) is 0 Å². The molecule has 4 nitrogen and oxygen atoms in total. The SMILES string of the molecule is CCCCCCCCCCCCCCOC(=O)CCC(=O)Oc1ccc(C)c(C)c1. The standard InChI is InChI=1S/C26H42O4/c1-4-5-6-7-8-9-10-11-12-13-14-15-20-29-25(27)18-19-26(28)30-24-17-16-22(2)23(3)21-24/h16-17,21H,4-15,18-20H2,1-3H3. The second-order valence-electron chi connectivity index (χ2n) is 8.33. The Balaban J connectivity index is 1.93. The fraction of sp³-hybridized carbons (Fsp3) is 0.692. The minimum atomic E-state index is -0.402. The largest absolute Gasteiger partial charge is 0.466 e. The van der Waals surface area contributed by atoms with E-state index in [0.717, 1.165) is 24.0 Å². The van der Waals surface area contributed by atoms with E-state index in [1.807, 2.05) is 26.0 Å². The Kier molecular flexibility index (Phi) is 14.8. The molecule has 0 N–H and O–H groups in total. The average Bonchev–Trinajstić information content (AvgIpc) is 2.72. The van der Waals surface area contributed by atoms with Crippen LogP contribution in [0.1, 0.15) is 108 Å². The van der Waals surface area contributed by atoms with Gasteiger partial charge in [-0.15, -0.1) is 0 Å². The molecule has 0 aliphatic heterocycles. The fourth-order valence-corrected chi connectivity index (χ4v) is 3.37. The van der Waals surface area contributed by atoms with Crippen molar-refractivity contribution in [3.05, 3.63) is 29.3 Å². The molecule has 0 unspecified atom stereocenters. The number of ether oxygens (including phenoxy) is 2. The number of esters is 2. The van der Waals surface area contributed by atoms with Gasteiger partial charge in [-0.3, -0.25) is 9.59 Å². The third-order valence-electron chi connectivity index (χ3n) is 5.50. The van der Waals surface area contributed by atoms with E-state index < -0.39 is 5.97 Å². The highest BCUT2D eigenvalue weighted by Crippen LogP contribution is 2.17. The summed E-state index contributed by atoms with van der Waals surface area (Å²) in [5.74, 6) is -0.205. The van der Waals surface area contributed by atoms with E-state index in [0.29, 0.717) is 12.4 Å². The number of aryl methyl sites for hydroxylation is 2. The smallest absolute Gasteiger partial charge is 0.311 e. The maximum atomic E-state index is 11.9. The Morgan fingerprint density at radius 2 is 1.23 bits per heavy atom. The van der Waals surface area contributed by atoms with Crippen molar-refractivity contribution in [2.45, 2.75) is 111 Å². The zero-order valence-corrected chi connectivity index (χ0v) is 19.5. The molecule has 1 aromatic rings. The second-order valence-corrected chi connectivity index (χ2v) is 8.33. The Morgan fingerprint density at radius 3 is 1.80 bits per heavy atom. The van der Waals surface area contributed by atoms with Gasteiger partial charge in [-0.05, 0) is 43.5 Å². The van der Waals surface area contributed by atoms with E-state index in [9.17, 15) is 9.59 Å². The zero-order chi connectivity index (χ0) is 22.0. The molecule has 0 aliphatic carbocycles. The van der Waals surface area contributed by atoms with Crippen molar-refractivity contribution in [2.75, 3.05) is 6.61 Å². The summed E-state index contributed by atoms with van der Waals surface area (Å²) in [4.78, 5) is 23.6. The van der Waals surface area contributed by atoms with Gasteiger partial charge in [0.2, 0.25) is 0 Å². The first-order valence-electron chi connectivity index (χ1n) is 12.0. The zero-order valence-electron chi connectivity index (χ0n) is 19.5. The van der Waals surface area contributed by atoms with Crippen LogP contribution in [0, 0.1) is 13.8 Å². The van der Waals surface area contributed by atoms with Crippen molar-refractivity contribution in [3.63, 3.8) is 0 Å². The van der Waals surface area contributed by atoms with Crippen molar-refractivity contribution >= 4 is 11.9 Å². The van der Waals surface area contributed by atoms with Gasteiger partial charge < -0.3 is 9.47 Å². The van der Waals surface area contributed by atoms with Gasteiger partial charge in [0.1, 0.15) is 5.75 Å². The van der Waals surface area contributed by atoms with Crippen molar-refractivity contribution in [3.8, 4) is 5.75 Å². The molecule has 0 spiro atoms. The lowest BCUT2D eigenvalue weighted by atomic mass is 10.1. The highest BCUT2D eigenvalue weighted by Gasteiger charge is 2.10. The minimum Gasteiger partial charge on any atom is -0.466 e. The second kappa shape index (κ2) is 16.9. The monoisotopic (exact) mass is 418 g/mol. The molecule has 0 fully saturated rings. The van der Waals surface area contributed by atoms with Crippen molar-refractivity contribution < 1.29 is 19.1 Å². The van der Waals surface area contributed by atoms with Crippen LogP contribution in [-0.4, -0.2) is 18.5 Å². The summed E-state index contributed by atoms with van der Waals surface area (Å²) >= 11 is 0.